The summed E-state index contributed by atoms with van der Waals surface area (Å²) in [5.41, 5.74) is 8.80. The second-order valence-corrected chi connectivity index (χ2v) is 6.97. The van der Waals surface area contributed by atoms with Crippen LogP contribution in [0, 0.1) is 20.8 Å². The molecule has 0 amide bonds. The van der Waals surface area contributed by atoms with Crippen molar-refractivity contribution in [2.75, 3.05) is 0 Å². The Balaban J connectivity index is 1.96. The summed E-state index contributed by atoms with van der Waals surface area (Å²) in [7, 11) is 0. The molecular formula is C25H22N2. The summed E-state index contributed by atoms with van der Waals surface area (Å²) in [6.07, 6.45) is 0. The average molecular weight is 350 g/mol. The van der Waals surface area contributed by atoms with Crippen molar-refractivity contribution in [1.82, 2.24) is 9.97 Å². The monoisotopic (exact) mass is 350 g/mol. The second-order valence-electron chi connectivity index (χ2n) is 6.97. The molecule has 0 unspecified atom stereocenters. The molecule has 2 heteroatoms. The average Bonchev–Trinajstić information content (AvgIpc) is 2.70. The maximum Gasteiger partial charge on any atom is 0.160 e. The van der Waals surface area contributed by atoms with E-state index >= 15 is 0 Å². The van der Waals surface area contributed by atoms with Gasteiger partial charge in [0.25, 0.3) is 0 Å². The van der Waals surface area contributed by atoms with E-state index in [1.165, 1.54) is 11.1 Å². The van der Waals surface area contributed by atoms with Crippen LogP contribution in [-0.4, -0.2) is 9.97 Å². The molecular weight excluding hydrogens is 328 g/mol. The van der Waals surface area contributed by atoms with Gasteiger partial charge in [0, 0.05) is 22.3 Å². The summed E-state index contributed by atoms with van der Waals surface area (Å²) in [5, 5.41) is 0. The molecule has 1 aromatic heterocycles. The number of hydrogen-bond acceptors (Lipinski definition) is 2. The highest BCUT2D eigenvalue weighted by atomic mass is 14.9. The fourth-order valence-corrected chi connectivity index (χ4v) is 3.22. The van der Waals surface area contributed by atoms with Crippen molar-refractivity contribution in [3.8, 4) is 33.9 Å². The van der Waals surface area contributed by atoms with Gasteiger partial charge in [-0.1, -0.05) is 90.0 Å². The minimum atomic E-state index is 0.759. The zero-order valence-corrected chi connectivity index (χ0v) is 15.9. The van der Waals surface area contributed by atoms with Gasteiger partial charge in [-0.15, -0.1) is 0 Å². The van der Waals surface area contributed by atoms with Gasteiger partial charge in [-0.2, -0.15) is 0 Å². The van der Waals surface area contributed by atoms with E-state index in [9.17, 15) is 0 Å². The van der Waals surface area contributed by atoms with Crippen LogP contribution in [-0.2, 0) is 0 Å². The van der Waals surface area contributed by atoms with Crippen LogP contribution in [0.4, 0.5) is 0 Å². The lowest BCUT2D eigenvalue weighted by atomic mass is 10.00. The Morgan fingerprint density at radius 3 is 1.44 bits per heavy atom. The summed E-state index contributed by atoms with van der Waals surface area (Å²) in [4.78, 5) is 9.88. The summed E-state index contributed by atoms with van der Waals surface area (Å²) in [6.45, 7) is 6.30. The fraction of sp³-hybridized carbons (Fsp3) is 0.120. The molecule has 0 aliphatic carbocycles. The van der Waals surface area contributed by atoms with Crippen LogP contribution in [0.5, 0.6) is 0 Å². The van der Waals surface area contributed by atoms with Gasteiger partial charge in [-0.3, -0.25) is 0 Å². The molecule has 132 valence electrons. The molecule has 0 fully saturated rings. The summed E-state index contributed by atoms with van der Waals surface area (Å²) in [5.74, 6) is 0.759. The van der Waals surface area contributed by atoms with Crippen LogP contribution in [0.3, 0.4) is 0 Å². The zero-order chi connectivity index (χ0) is 18.8. The molecule has 0 saturated carbocycles. The smallest absolute Gasteiger partial charge is 0.160 e. The predicted molar refractivity (Wildman–Crippen MR) is 113 cm³/mol. The molecule has 0 N–H and O–H groups in total. The number of rotatable bonds is 3. The Labute approximate surface area is 160 Å². The molecule has 4 aromatic rings. The van der Waals surface area contributed by atoms with Gasteiger partial charge in [-0.25, -0.2) is 9.97 Å². The van der Waals surface area contributed by atoms with Gasteiger partial charge < -0.3 is 0 Å². The highest BCUT2D eigenvalue weighted by molar-refractivity contribution is 5.76. The van der Waals surface area contributed by atoms with Crippen LogP contribution in [0.25, 0.3) is 33.9 Å². The van der Waals surface area contributed by atoms with Crippen LogP contribution >= 0.6 is 0 Å². The highest BCUT2D eigenvalue weighted by Gasteiger charge is 2.15. The van der Waals surface area contributed by atoms with Crippen LogP contribution in [0.15, 0.2) is 78.9 Å². The number of aryl methyl sites for hydroxylation is 2. The van der Waals surface area contributed by atoms with E-state index in [4.69, 9.17) is 9.97 Å². The first-order valence-corrected chi connectivity index (χ1v) is 9.20. The van der Waals surface area contributed by atoms with Crippen molar-refractivity contribution in [3.05, 3.63) is 95.6 Å². The van der Waals surface area contributed by atoms with E-state index in [0.717, 1.165) is 39.5 Å². The molecule has 2 nitrogen and oxygen atoms in total. The van der Waals surface area contributed by atoms with Gasteiger partial charge in [0.15, 0.2) is 5.82 Å². The Morgan fingerprint density at radius 2 is 0.926 bits per heavy atom. The minimum Gasteiger partial charge on any atom is -0.228 e. The van der Waals surface area contributed by atoms with Gasteiger partial charge in [-0.05, 0) is 20.8 Å². The van der Waals surface area contributed by atoms with E-state index < -0.39 is 0 Å². The third-order valence-electron chi connectivity index (χ3n) is 4.83. The third-order valence-corrected chi connectivity index (χ3v) is 4.83. The van der Waals surface area contributed by atoms with Crippen molar-refractivity contribution in [3.63, 3.8) is 0 Å². The van der Waals surface area contributed by atoms with Crippen molar-refractivity contribution >= 4 is 0 Å². The van der Waals surface area contributed by atoms with Crippen molar-refractivity contribution in [2.45, 2.75) is 20.8 Å². The van der Waals surface area contributed by atoms with E-state index in [2.05, 4.69) is 81.4 Å². The molecule has 0 aliphatic rings. The third kappa shape index (κ3) is 3.52. The van der Waals surface area contributed by atoms with E-state index in [1.807, 2.05) is 18.2 Å². The maximum absolute atomic E-state index is 4.95. The molecule has 3 aromatic carbocycles. The van der Waals surface area contributed by atoms with Crippen molar-refractivity contribution < 1.29 is 0 Å². The molecule has 0 bridgehead atoms. The van der Waals surface area contributed by atoms with Crippen molar-refractivity contribution in [2.24, 2.45) is 0 Å². The maximum atomic E-state index is 4.95. The highest BCUT2D eigenvalue weighted by Crippen LogP contribution is 2.32. The lowest BCUT2D eigenvalue weighted by Gasteiger charge is -2.14. The van der Waals surface area contributed by atoms with Gasteiger partial charge in [0.1, 0.15) is 0 Å². The molecule has 4 rings (SSSR count). The number of benzene rings is 3. The zero-order valence-electron chi connectivity index (χ0n) is 15.9. The van der Waals surface area contributed by atoms with Gasteiger partial charge >= 0.3 is 0 Å². The Kier molecular flexibility index (Phi) is 4.55. The topological polar surface area (TPSA) is 25.8 Å². The van der Waals surface area contributed by atoms with E-state index in [1.54, 1.807) is 0 Å². The second kappa shape index (κ2) is 7.16. The Morgan fingerprint density at radius 1 is 0.481 bits per heavy atom. The van der Waals surface area contributed by atoms with E-state index in [-0.39, 0.29) is 0 Å². The molecule has 0 spiro atoms. The minimum absolute atomic E-state index is 0.759. The predicted octanol–water partition coefficient (Wildman–Crippen LogP) is 6.40. The Bertz CT molecular complexity index is 1060. The fourth-order valence-electron chi connectivity index (χ4n) is 3.22. The molecule has 0 radical (unpaired) electrons. The quantitative estimate of drug-likeness (QED) is 0.427. The summed E-state index contributed by atoms with van der Waals surface area (Å²) < 4.78 is 0. The van der Waals surface area contributed by atoms with Gasteiger partial charge in [0.2, 0.25) is 0 Å². The van der Waals surface area contributed by atoms with Crippen LogP contribution in [0.2, 0.25) is 0 Å². The first-order valence-electron chi connectivity index (χ1n) is 9.20. The normalized spacial score (nSPS) is 10.8. The van der Waals surface area contributed by atoms with Crippen LogP contribution < -0.4 is 0 Å². The summed E-state index contributed by atoms with van der Waals surface area (Å²) >= 11 is 0. The molecule has 0 aliphatic heterocycles. The lowest BCUT2D eigenvalue weighted by Crippen LogP contribution is -2.00. The first kappa shape index (κ1) is 17.2. The molecule has 1 heterocycles. The Hall–Kier alpha value is -3.26. The standard InChI is InChI=1S/C25H22N2/c1-17-9-13-21(14-10-17)24-19(3)23(20-7-5-4-6-8-20)26-25(27-24)22-15-11-18(2)12-16-22/h4-16H,1-3H3. The molecule has 27 heavy (non-hydrogen) atoms. The number of hydrogen-bond donors (Lipinski definition) is 0. The molecule has 0 atom stereocenters. The van der Waals surface area contributed by atoms with Crippen LogP contribution in [0.1, 0.15) is 16.7 Å². The van der Waals surface area contributed by atoms with E-state index in [0.29, 0.717) is 0 Å². The van der Waals surface area contributed by atoms with Gasteiger partial charge in [0.05, 0.1) is 11.4 Å². The number of nitrogens with zero attached hydrogens (tertiary/aromatic N) is 2. The SMILES string of the molecule is Cc1ccc(-c2nc(-c3ccccc3)c(C)c(-c3ccc(C)cc3)n2)cc1. The largest absolute Gasteiger partial charge is 0.228 e. The summed E-state index contributed by atoms with van der Waals surface area (Å²) in [6, 6.07) is 27.3. The molecule has 0 saturated heterocycles. The number of aromatic nitrogens is 2. The lowest BCUT2D eigenvalue weighted by molar-refractivity contribution is 1.15. The first-order chi connectivity index (χ1) is 13.1. The van der Waals surface area contributed by atoms with Crippen molar-refractivity contribution in [1.29, 1.82) is 0 Å².